The van der Waals surface area contributed by atoms with Crippen molar-refractivity contribution in [1.29, 1.82) is 0 Å². The van der Waals surface area contributed by atoms with Crippen LogP contribution in [-0.2, 0) is 11.2 Å². The maximum Gasteiger partial charge on any atom is 0.130 e. The molecule has 0 saturated carbocycles. The first-order chi connectivity index (χ1) is 5.68. The van der Waals surface area contributed by atoms with Crippen molar-refractivity contribution in [2.45, 2.75) is 19.8 Å². The summed E-state index contributed by atoms with van der Waals surface area (Å²) in [5.74, 6) is -0.204. The van der Waals surface area contributed by atoms with Crippen molar-refractivity contribution in [3.8, 4) is 0 Å². The highest BCUT2D eigenvalue weighted by Gasteiger charge is 1.98. The monoisotopic (exact) mass is 167 g/mol. The van der Waals surface area contributed by atoms with Gasteiger partial charge in [0.15, 0.2) is 0 Å². The van der Waals surface area contributed by atoms with Crippen molar-refractivity contribution < 1.29 is 9.18 Å². The smallest absolute Gasteiger partial charge is 0.130 e. The van der Waals surface area contributed by atoms with Gasteiger partial charge in [0.05, 0.1) is 0 Å². The van der Waals surface area contributed by atoms with Gasteiger partial charge in [0.1, 0.15) is 11.6 Å². The topological polar surface area (TPSA) is 30.0 Å². The summed E-state index contributed by atoms with van der Waals surface area (Å²) in [5.41, 5.74) is 0.630. The molecule has 0 aliphatic heterocycles. The van der Waals surface area contributed by atoms with Crippen molar-refractivity contribution in [1.82, 2.24) is 4.98 Å². The minimum Gasteiger partial charge on any atom is -0.300 e. The van der Waals surface area contributed by atoms with E-state index in [0.717, 1.165) is 0 Å². The van der Waals surface area contributed by atoms with Crippen molar-refractivity contribution in [3.05, 3.63) is 29.8 Å². The van der Waals surface area contributed by atoms with Crippen LogP contribution in [-0.4, -0.2) is 10.8 Å². The molecule has 0 spiro atoms. The van der Waals surface area contributed by atoms with Crippen LogP contribution in [0.3, 0.4) is 0 Å². The van der Waals surface area contributed by atoms with Crippen LogP contribution in [0, 0.1) is 5.82 Å². The van der Waals surface area contributed by atoms with Crippen LogP contribution in [0.2, 0.25) is 0 Å². The molecule has 0 aliphatic carbocycles. The summed E-state index contributed by atoms with van der Waals surface area (Å²) in [4.78, 5) is 14.5. The highest BCUT2D eigenvalue weighted by molar-refractivity contribution is 5.75. The van der Waals surface area contributed by atoms with Gasteiger partial charge >= 0.3 is 0 Å². The number of carbonyl (C=O) groups is 1. The van der Waals surface area contributed by atoms with Gasteiger partial charge in [-0.3, -0.25) is 4.98 Å². The Morgan fingerprint density at radius 1 is 1.67 bits per heavy atom. The Morgan fingerprint density at radius 2 is 2.42 bits per heavy atom. The van der Waals surface area contributed by atoms with Crippen LogP contribution in [0.25, 0.3) is 0 Å². The third-order valence-corrected chi connectivity index (χ3v) is 1.51. The fourth-order valence-corrected chi connectivity index (χ4v) is 0.890. The normalized spacial score (nSPS) is 9.83. The number of halogens is 1. The fourth-order valence-electron chi connectivity index (χ4n) is 0.890. The minimum atomic E-state index is -0.302. The molecule has 0 aromatic carbocycles. The van der Waals surface area contributed by atoms with Crippen LogP contribution in [0.15, 0.2) is 18.3 Å². The molecular weight excluding hydrogens is 157 g/mol. The van der Waals surface area contributed by atoms with Gasteiger partial charge in [-0.15, -0.1) is 0 Å². The number of Topliss-reactive ketones (excluding diaryl/α,β-unsaturated/α-hetero) is 1. The Bertz CT molecular complexity index is 286. The average molecular weight is 167 g/mol. The number of ketones is 1. The Labute approximate surface area is 70.4 Å². The van der Waals surface area contributed by atoms with Crippen LogP contribution in [0.4, 0.5) is 4.39 Å². The number of rotatable bonds is 3. The summed E-state index contributed by atoms with van der Waals surface area (Å²) < 4.78 is 12.6. The molecule has 0 fully saturated rings. The standard InChI is InChI=1S/C9H10FNO/c1-7(12)2-3-9-6-8(10)4-5-11-9/h4-6H,2-3H2,1H3. The number of aryl methyl sites for hydroxylation is 1. The molecule has 0 atom stereocenters. The molecular formula is C9H10FNO. The lowest BCUT2D eigenvalue weighted by Gasteiger charge is -1.96. The van der Waals surface area contributed by atoms with Gasteiger partial charge < -0.3 is 4.79 Å². The summed E-state index contributed by atoms with van der Waals surface area (Å²) in [6.45, 7) is 1.51. The van der Waals surface area contributed by atoms with Crippen LogP contribution >= 0.6 is 0 Å². The van der Waals surface area contributed by atoms with Crippen molar-refractivity contribution in [2.75, 3.05) is 0 Å². The minimum absolute atomic E-state index is 0.0982. The largest absolute Gasteiger partial charge is 0.300 e. The van der Waals surface area contributed by atoms with E-state index >= 15 is 0 Å². The molecule has 2 nitrogen and oxygen atoms in total. The first-order valence-corrected chi connectivity index (χ1v) is 3.78. The molecule has 0 N–H and O–H groups in total. The van der Waals surface area contributed by atoms with E-state index < -0.39 is 0 Å². The number of aromatic nitrogens is 1. The van der Waals surface area contributed by atoms with Gasteiger partial charge in [-0.1, -0.05) is 0 Å². The van der Waals surface area contributed by atoms with E-state index in [4.69, 9.17) is 0 Å². The first kappa shape index (κ1) is 8.84. The Balaban J connectivity index is 2.57. The fraction of sp³-hybridized carbons (Fsp3) is 0.333. The highest BCUT2D eigenvalue weighted by atomic mass is 19.1. The van der Waals surface area contributed by atoms with E-state index in [2.05, 4.69) is 4.98 Å². The molecule has 1 aromatic heterocycles. The summed E-state index contributed by atoms with van der Waals surface area (Å²) in [5, 5.41) is 0. The van der Waals surface area contributed by atoms with Gasteiger partial charge in [0, 0.05) is 18.3 Å². The van der Waals surface area contributed by atoms with Gasteiger partial charge in [0.2, 0.25) is 0 Å². The molecule has 0 saturated heterocycles. The predicted molar refractivity (Wildman–Crippen MR) is 43.2 cm³/mol. The van der Waals surface area contributed by atoms with Crippen molar-refractivity contribution >= 4 is 5.78 Å². The highest BCUT2D eigenvalue weighted by Crippen LogP contribution is 2.02. The lowest BCUT2D eigenvalue weighted by molar-refractivity contribution is -0.116. The summed E-state index contributed by atoms with van der Waals surface area (Å²) in [6.07, 6.45) is 2.36. The van der Waals surface area contributed by atoms with Gasteiger partial charge in [-0.25, -0.2) is 4.39 Å². The van der Waals surface area contributed by atoms with Gasteiger partial charge in [-0.05, 0) is 25.5 Å². The molecule has 1 rings (SSSR count). The van der Waals surface area contributed by atoms with Crippen molar-refractivity contribution in [2.24, 2.45) is 0 Å². The lowest BCUT2D eigenvalue weighted by Crippen LogP contribution is -1.96. The second-order valence-corrected chi connectivity index (χ2v) is 2.67. The maximum atomic E-state index is 12.6. The second-order valence-electron chi connectivity index (χ2n) is 2.67. The Morgan fingerprint density at radius 3 is 3.00 bits per heavy atom. The summed E-state index contributed by atoms with van der Waals surface area (Å²) in [7, 11) is 0. The van der Waals surface area contributed by atoms with Crippen LogP contribution in [0.1, 0.15) is 19.0 Å². The van der Waals surface area contributed by atoms with E-state index in [9.17, 15) is 9.18 Å². The molecule has 12 heavy (non-hydrogen) atoms. The number of hydrogen-bond donors (Lipinski definition) is 0. The van der Waals surface area contributed by atoms with E-state index in [1.165, 1.54) is 25.3 Å². The van der Waals surface area contributed by atoms with Crippen molar-refractivity contribution in [3.63, 3.8) is 0 Å². The Hall–Kier alpha value is -1.25. The second kappa shape index (κ2) is 3.95. The molecule has 1 heterocycles. The summed E-state index contributed by atoms with van der Waals surface area (Å²) >= 11 is 0. The SMILES string of the molecule is CC(=O)CCc1cc(F)ccn1. The van der Waals surface area contributed by atoms with E-state index in [-0.39, 0.29) is 11.6 Å². The zero-order valence-electron chi connectivity index (χ0n) is 6.88. The number of pyridine rings is 1. The number of hydrogen-bond acceptors (Lipinski definition) is 2. The average Bonchev–Trinajstić information content (AvgIpc) is 2.01. The van der Waals surface area contributed by atoms with E-state index in [1.54, 1.807) is 0 Å². The first-order valence-electron chi connectivity index (χ1n) is 3.78. The Kier molecular flexibility index (Phi) is 2.91. The molecule has 0 amide bonds. The molecule has 0 unspecified atom stereocenters. The number of carbonyl (C=O) groups excluding carboxylic acids is 1. The predicted octanol–water partition coefficient (Wildman–Crippen LogP) is 1.74. The quantitative estimate of drug-likeness (QED) is 0.686. The zero-order chi connectivity index (χ0) is 8.97. The van der Waals surface area contributed by atoms with Crippen LogP contribution < -0.4 is 0 Å². The number of nitrogens with zero attached hydrogens (tertiary/aromatic N) is 1. The molecule has 3 heteroatoms. The van der Waals surface area contributed by atoms with E-state index in [1.807, 2.05) is 0 Å². The maximum absolute atomic E-state index is 12.6. The van der Waals surface area contributed by atoms with Crippen LogP contribution in [0.5, 0.6) is 0 Å². The van der Waals surface area contributed by atoms with Gasteiger partial charge in [0.25, 0.3) is 0 Å². The molecule has 1 aromatic rings. The molecule has 0 aliphatic rings. The molecule has 64 valence electrons. The zero-order valence-corrected chi connectivity index (χ0v) is 6.88. The van der Waals surface area contributed by atoms with Gasteiger partial charge in [-0.2, -0.15) is 0 Å². The molecule has 0 radical (unpaired) electrons. The molecule has 0 bridgehead atoms. The third-order valence-electron chi connectivity index (χ3n) is 1.51. The lowest BCUT2D eigenvalue weighted by atomic mass is 10.2. The summed E-state index contributed by atoms with van der Waals surface area (Å²) in [6, 6.07) is 2.64. The third kappa shape index (κ3) is 2.78. The van der Waals surface area contributed by atoms with E-state index in [0.29, 0.717) is 18.5 Å².